The summed E-state index contributed by atoms with van der Waals surface area (Å²) < 4.78 is 20.6. The maximum absolute atomic E-state index is 15.4. The van der Waals surface area contributed by atoms with E-state index in [4.69, 9.17) is 4.74 Å². The molecule has 0 aromatic rings. The Morgan fingerprint density at radius 2 is 2.00 bits per heavy atom. The van der Waals surface area contributed by atoms with Crippen LogP contribution in [0, 0.1) is 40.4 Å². The van der Waals surface area contributed by atoms with Gasteiger partial charge in [-0.05, 0) is 66.6 Å². The van der Waals surface area contributed by atoms with Gasteiger partial charge in [0.15, 0.2) is 5.78 Å². The van der Waals surface area contributed by atoms with E-state index >= 15 is 4.39 Å². The molecule has 0 radical (unpaired) electrons. The molecule has 4 rings (SSSR count). The van der Waals surface area contributed by atoms with Gasteiger partial charge in [0.2, 0.25) is 5.78 Å². The van der Waals surface area contributed by atoms with Crippen molar-refractivity contribution in [2.45, 2.75) is 72.1 Å². The van der Waals surface area contributed by atoms with Crippen LogP contribution in [0.1, 0.15) is 59.8 Å². The Balaban J connectivity index is 1.65. The fourth-order valence-electron chi connectivity index (χ4n) is 7.77. The number of aliphatic hydroxyl groups is 1. The summed E-state index contributed by atoms with van der Waals surface area (Å²) >= 11 is 0. The SMILES string of the molecule is CCCCOC(=O)C(=O)C1[C@H](C)CC2C3C[C@H](F)C4=CC(=O)C=C[C@]4(C)C3[C@@H](O)C[C@@]21C. The molecule has 0 aromatic carbocycles. The summed E-state index contributed by atoms with van der Waals surface area (Å²) in [7, 11) is 0. The van der Waals surface area contributed by atoms with Crippen LogP contribution in [0.15, 0.2) is 23.8 Å². The van der Waals surface area contributed by atoms with Gasteiger partial charge in [-0.1, -0.05) is 40.2 Å². The van der Waals surface area contributed by atoms with Crippen LogP contribution in [0.25, 0.3) is 0 Å². The number of hydrogen-bond acceptors (Lipinski definition) is 5. The van der Waals surface area contributed by atoms with Gasteiger partial charge in [-0.2, -0.15) is 0 Å². The van der Waals surface area contributed by atoms with Crippen LogP contribution in [0.3, 0.4) is 0 Å². The number of alkyl halides is 1. The van der Waals surface area contributed by atoms with E-state index in [1.54, 1.807) is 6.08 Å². The molecule has 3 fully saturated rings. The van der Waals surface area contributed by atoms with E-state index in [9.17, 15) is 19.5 Å². The van der Waals surface area contributed by atoms with Gasteiger partial charge in [-0.3, -0.25) is 9.59 Å². The van der Waals surface area contributed by atoms with Crippen LogP contribution in [0.4, 0.5) is 4.39 Å². The normalized spacial score (nSPS) is 44.9. The highest BCUT2D eigenvalue weighted by Crippen LogP contribution is 2.67. The first-order valence-corrected chi connectivity index (χ1v) is 12.0. The number of ketones is 2. The molecule has 176 valence electrons. The zero-order valence-electron chi connectivity index (χ0n) is 19.5. The van der Waals surface area contributed by atoms with Crippen LogP contribution in [-0.4, -0.2) is 41.5 Å². The van der Waals surface area contributed by atoms with Crippen molar-refractivity contribution in [1.29, 1.82) is 0 Å². The van der Waals surface area contributed by atoms with E-state index in [1.165, 1.54) is 12.2 Å². The second kappa shape index (κ2) is 8.19. The number of aliphatic hydroxyl groups excluding tert-OH is 1. The van der Waals surface area contributed by atoms with Gasteiger partial charge in [0, 0.05) is 17.3 Å². The third-order valence-corrected chi connectivity index (χ3v) is 9.03. The molecule has 6 heteroatoms. The molecule has 4 aliphatic rings. The van der Waals surface area contributed by atoms with Crippen LogP contribution in [-0.2, 0) is 19.1 Å². The first kappa shape index (κ1) is 23.3. The predicted molar refractivity (Wildman–Crippen MR) is 117 cm³/mol. The molecule has 0 aliphatic heterocycles. The lowest BCUT2D eigenvalue weighted by atomic mass is 9.46. The lowest BCUT2D eigenvalue weighted by Gasteiger charge is -2.59. The van der Waals surface area contributed by atoms with E-state index in [2.05, 4.69) is 0 Å². The summed E-state index contributed by atoms with van der Waals surface area (Å²) in [5.41, 5.74) is -0.847. The van der Waals surface area contributed by atoms with Crippen molar-refractivity contribution in [2.24, 2.45) is 40.4 Å². The monoisotopic (exact) mass is 446 g/mol. The summed E-state index contributed by atoms with van der Waals surface area (Å²) in [5.74, 6) is -2.42. The molecular formula is C26H35FO5. The average Bonchev–Trinajstić information content (AvgIpc) is 2.98. The Labute approximate surface area is 189 Å². The largest absolute Gasteiger partial charge is 0.460 e. The van der Waals surface area contributed by atoms with Gasteiger partial charge >= 0.3 is 5.97 Å². The number of halogens is 1. The summed E-state index contributed by atoms with van der Waals surface area (Å²) in [6, 6.07) is 0. The van der Waals surface area contributed by atoms with Gasteiger partial charge in [0.05, 0.1) is 12.7 Å². The summed E-state index contributed by atoms with van der Waals surface area (Å²) in [6.45, 7) is 8.11. The van der Waals surface area contributed by atoms with Crippen LogP contribution >= 0.6 is 0 Å². The lowest BCUT2D eigenvalue weighted by Crippen LogP contribution is -2.58. The molecule has 0 saturated heterocycles. The molecule has 0 amide bonds. The van der Waals surface area contributed by atoms with E-state index in [-0.39, 0.29) is 42.5 Å². The smallest absolute Gasteiger partial charge is 0.374 e. The number of carbonyl (C=O) groups is 3. The second-order valence-corrected chi connectivity index (χ2v) is 10.9. The first-order chi connectivity index (χ1) is 15.0. The summed E-state index contributed by atoms with van der Waals surface area (Å²) in [5, 5.41) is 11.4. The van der Waals surface area contributed by atoms with Crippen LogP contribution < -0.4 is 0 Å². The zero-order chi connectivity index (χ0) is 23.4. The van der Waals surface area contributed by atoms with E-state index in [0.717, 1.165) is 6.42 Å². The maximum atomic E-state index is 15.4. The number of fused-ring (bicyclic) bond motifs is 5. The topological polar surface area (TPSA) is 80.7 Å². The minimum absolute atomic E-state index is 0.0194. The lowest BCUT2D eigenvalue weighted by molar-refractivity contribution is -0.162. The van der Waals surface area contributed by atoms with Gasteiger partial charge in [0.1, 0.15) is 6.17 Å². The standard InChI is InChI=1S/C26H35FO5/c1-5-6-9-32-24(31)23(30)21-14(2)10-17-16-12-19(27)18-11-15(28)7-8-25(18,3)22(16)20(29)13-26(17,21)4/h7-8,11,14,16-17,19-22,29H,5-6,9-10,12-13H2,1-4H3/t14-,16?,17?,19+,20+,21?,22?,25+,26+/m1/s1. The molecule has 0 aromatic heterocycles. The molecule has 0 spiro atoms. The third-order valence-electron chi connectivity index (χ3n) is 9.03. The molecule has 1 N–H and O–H groups in total. The Morgan fingerprint density at radius 1 is 1.28 bits per heavy atom. The van der Waals surface area contributed by atoms with Crippen molar-refractivity contribution >= 4 is 17.5 Å². The predicted octanol–water partition coefficient (Wildman–Crippen LogP) is 3.99. The third kappa shape index (κ3) is 3.41. The number of esters is 1. The maximum Gasteiger partial charge on any atom is 0.374 e. The highest BCUT2D eigenvalue weighted by Gasteiger charge is 2.66. The van der Waals surface area contributed by atoms with E-state index < -0.39 is 40.8 Å². The summed E-state index contributed by atoms with van der Waals surface area (Å²) in [6.07, 6.45) is 5.56. The molecule has 4 unspecified atom stereocenters. The van der Waals surface area contributed by atoms with E-state index in [1.807, 2.05) is 27.7 Å². The fourth-order valence-corrected chi connectivity index (χ4v) is 7.77. The number of hydrogen-bond donors (Lipinski definition) is 1. The molecule has 3 saturated carbocycles. The quantitative estimate of drug-likeness (QED) is 0.392. The molecule has 4 aliphatic carbocycles. The van der Waals surface area contributed by atoms with Crippen LogP contribution in [0.5, 0.6) is 0 Å². The molecular weight excluding hydrogens is 411 g/mol. The Hall–Kier alpha value is -1.82. The van der Waals surface area contributed by atoms with Gasteiger partial charge in [-0.15, -0.1) is 0 Å². The minimum Gasteiger partial charge on any atom is -0.460 e. The Kier molecular flexibility index (Phi) is 5.98. The number of ether oxygens (including phenoxy) is 1. The molecule has 0 heterocycles. The Morgan fingerprint density at radius 3 is 2.69 bits per heavy atom. The van der Waals surface area contributed by atoms with Crippen molar-refractivity contribution < 1.29 is 28.6 Å². The van der Waals surface area contributed by atoms with Crippen molar-refractivity contribution in [3.8, 4) is 0 Å². The molecule has 32 heavy (non-hydrogen) atoms. The van der Waals surface area contributed by atoms with Crippen molar-refractivity contribution in [3.63, 3.8) is 0 Å². The highest BCUT2D eigenvalue weighted by atomic mass is 19.1. The van der Waals surface area contributed by atoms with Crippen molar-refractivity contribution in [3.05, 3.63) is 23.8 Å². The molecule has 0 bridgehead atoms. The second-order valence-electron chi connectivity index (χ2n) is 10.9. The summed E-state index contributed by atoms with van der Waals surface area (Å²) in [4.78, 5) is 37.6. The number of Topliss-reactive ketones (excluding diaryl/α,β-unsaturated/α-hetero) is 1. The van der Waals surface area contributed by atoms with Gasteiger partial charge in [0.25, 0.3) is 0 Å². The number of rotatable bonds is 5. The zero-order valence-corrected chi connectivity index (χ0v) is 19.5. The van der Waals surface area contributed by atoms with E-state index in [0.29, 0.717) is 24.8 Å². The number of carbonyl (C=O) groups excluding carboxylic acids is 3. The number of allylic oxidation sites excluding steroid dienone is 4. The first-order valence-electron chi connectivity index (χ1n) is 12.0. The Bertz CT molecular complexity index is 877. The van der Waals surface area contributed by atoms with Gasteiger partial charge < -0.3 is 9.84 Å². The fraction of sp³-hybridized carbons (Fsp3) is 0.731. The van der Waals surface area contributed by atoms with Crippen molar-refractivity contribution in [2.75, 3.05) is 6.61 Å². The van der Waals surface area contributed by atoms with Crippen molar-refractivity contribution in [1.82, 2.24) is 0 Å². The molecule has 9 atom stereocenters. The minimum atomic E-state index is -1.26. The van der Waals surface area contributed by atoms with Gasteiger partial charge in [-0.25, -0.2) is 9.18 Å². The highest BCUT2D eigenvalue weighted by molar-refractivity contribution is 6.34. The number of unbranched alkanes of at least 4 members (excludes halogenated alkanes) is 1. The van der Waals surface area contributed by atoms with Crippen LogP contribution in [0.2, 0.25) is 0 Å². The molecule has 5 nitrogen and oxygen atoms in total. The average molecular weight is 447 g/mol.